The standard InChI is InChI=1S/C5H9BrN2O4/c1-5(2,3-7(9)10)4(6)8(11)12/h4H,3H2,1-2H3. The van der Waals surface area contributed by atoms with Crippen molar-refractivity contribution in [2.75, 3.05) is 6.54 Å². The molecule has 0 aromatic carbocycles. The summed E-state index contributed by atoms with van der Waals surface area (Å²) in [4.78, 5) is 18.1. The average molecular weight is 241 g/mol. The minimum absolute atomic E-state index is 0.427. The van der Waals surface area contributed by atoms with Gasteiger partial charge in [-0.1, -0.05) is 0 Å². The van der Waals surface area contributed by atoms with Crippen LogP contribution in [0.1, 0.15) is 13.8 Å². The van der Waals surface area contributed by atoms with E-state index in [9.17, 15) is 20.2 Å². The monoisotopic (exact) mass is 240 g/mol. The first-order chi connectivity index (χ1) is 5.27. The van der Waals surface area contributed by atoms with E-state index in [0.29, 0.717) is 0 Å². The molecule has 0 N–H and O–H groups in total. The van der Waals surface area contributed by atoms with Gasteiger partial charge < -0.3 is 0 Å². The van der Waals surface area contributed by atoms with Crippen molar-refractivity contribution in [1.29, 1.82) is 0 Å². The topological polar surface area (TPSA) is 86.3 Å². The van der Waals surface area contributed by atoms with E-state index in [1.54, 1.807) is 0 Å². The molecule has 0 aliphatic heterocycles. The van der Waals surface area contributed by atoms with E-state index in [2.05, 4.69) is 15.9 Å². The number of nitro groups is 2. The maximum Gasteiger partial charge on any atom is 0.277 e. The van der Waals surface area contributed by atoms with Gasteiger partial charge in [0.1, 0.15) is 5.41 Å². The summed E-state index contributed by atoms with van der Waals surface area (Å²) in [5.74, 6) is 0. The minimum Gasteiger partial charge on any atom is -0.265 e. The lowest BCUT2D eigenvalue weighted by molar-refractivity contribution is -0.545. The van der Waals surface area contributed by atoms with Crippen molar-refractivity contribution in [3.63, 3.8) is 0 Å². The van der Waals surface area contributed by atoms with Crippen molar-refractivity contribution in [2.45, 2.75) is 18.8 Å². The van der Waals surface area contributed by atoms with Gasteiger partial charge in [-0.25, -0.2) is 0 Å². The molecule has 6 nitrogen and oxygen atoms in total. The zero-order chi connectivity index (χ0) is 9.94. The summed E-state index contributed by atoms with van der Waals surface area (Å²) < 4.78 is 0. The van der Waals surface area contributed by atoms with E-state index in [1.807, 2.05) is 0 Å². The lowest BCUT2D eigenvalue weighted by atomic mass is 9.94. The van der Waals surface area contributed by atoms with Crippen molar-refractivity contribution in [3.05, 3.63) is 20.2 Å². The first-order valence-corrected chi connectivity index (χ1v) is 4.08. The van der Waals surface area contributed by atoms with Crippen LogP contribution in [-0.4, -0.2) is 21.3 Å². The summed E-state index contributed by atoms with van der Waals surface area (Å²) in [5, 5.41) is 20.4. The Balaban J connectivity index is 4.38. The Morgan fingerprint density at radius 3 is 2.08 bits per heavy atom. The molecule has 0 aliphatic carbocycles. The Kier molecular flexibility index (Phi) is 3.56. The number of hydrogen-bond acceptors (Lipinski definition) is 4. The average Bonchev–Trinajstić information content (AvgIpc) is 1.82. The summed E-state index contributed by atoms with van der Waals surface area (Å²) >= 11 is 2.79. The van der Waals surface area contributed by atoms with Gasteiger partial charge in [0.05, 0.1) is 0 Å². The van der Waals surface area contributed by atoms with Gasteiger partial charge >= 0.3 is 0 Å². The Hall–Kier alpha value is -0.720. The molecule has 1 atom stereocenters. The predicted molar refractivity (Wildman–Crippen MR) is 45.4 cm³/mol. The molecule has 0 fully saturated rings. The summed E-state index contributed by atoms with van der Waals surface area (Å²) in [7, 11) is 0. The van der Waals surface area contributed by atoms with Gasteiger partial charge in [-0.2, -0.15) is 0 Å². The quantitative estimate of drug-likeness (QED) is 0.321. The van der Waals surface area contributed by atoms with E-state index in [-0.39, 0.29) is 0 Å². The van der Waals surface area contributed by atoms with E-state index < -0.39 is 26.8 Å². The van der Waals surface area contributed by atoms with E-state index in [1.165, 1.54) is 13.8 Å². The number of hydrogen-bond donors (Lipinski definition) is 0. The Morgan fingerprint density at radius 2 is 1.83 bits per heavy atom. The molecule has 0 saturated carbocycles. The Bertz CT molecular complexity index is 206. The number of alkyl halides is 1. The van der Waals surface area contributed by atoms with Crippen LogP contribution in [0.25, 0.3) is 0 Å². The number of halogens is 1. The second kappa shape index (κ2) is 3.79. The molecule has 12 heavy (non-hydrogen) atoms. The smallest absolute Gasteiger partial charge is 0.265 e. The fraction of sp³-hybridized carbons (Fsp3) is 1.00. The van der Waals surface area contributed by atoms with Crippen LogP contribution in [0.15, 0.2) is 0 Å². The molecule has 0 heterocycles. The van der Waals surface area contributed by atoms with Crippen molar-refractivity contribution >= 4 is 15.9 Å². The van der Waals surface area contributed by atoms with Gasteiger partial charge in [-0.3, -0.25) is 20.2 Å². The van der Waals surface area contributed by atoms with Crippen LogP contribution in [-0.2, 0) is 0 Å². The lowest BCUT2D eigenvalue weighted by Gasteiger charge is -2.18. The van der Waals surface area contributed by atoms with Crippen LogP contribution >= 0.6 is 15.9 Å². The molecule has 0 bridgehead atoms. The molecule has 0 aliphatic rings. The van der Waals surface area contributed by atoms with Crippen molar-refractivity contribution < 1.29 is 9.85 Å². The van der Waals surface area contributed by atoms with Gasteiger partial charge in [-0.15, -0.1) is 0 Å². The second-order valence-electron chi connectivity index (χ2n) is 3.10. The number of nitrogens with zero attached hydrogens (tertiary/aromatic N) is 2. The fourth-order valence-electron chi connectivity index (χ4n) is 0.693. The van der Waals surface area contributed by atoms with Crippen molar-refractivity contribution in [3.8, 4) is 0 Å². The maximum absolute atomic E-state index is 10.3. The second-order valence-corrected chi connectivity index (χ2v) is 3.97. The van der Waals surface area contributed by atoms with E-state index in [4.69, 9.17) is 0 Å². The maximum atomic E-state index is 10.3. The van der Waals surface area contributed by atoms with Crippen LogP contribution in [0.3, 0.4) is 0 Å². The zero-order valence-corrected chi connectivity index (χ0v) is 8.28. The highest BCUT2D eigenvalue weighted by Crippen LogP contribution is 2.27. The van der Waals surface area contributed by atoms with Gasteiger partial charge in [0.15, 0.2) is 0 Å². The highest BCUT2D eigenvalue weighted by molar-refractivity contribution is 9.09. The third kappa shape index (κ3) is 3.12. The van der Waals surface area contributed by atoms with Crippen LogP contribution in [0.2, 0.25) is 0 Å². The predicted octanol–water partition coefficient (Wildman–Crippen LogP) is 1.29. The summed E-state index contributed by atoms with van der Waals surface area (Å²) in [6.07, 6.45) is 0. The molecule has 0 aromatic heterocycles. The Morgan fingerprint density at radius 1 is 1.42 bits per heavy atom. The van der Waals surface area contributed by atoms with Gasteiger partial charge in [0.25, 0.3) is 4.95 Å². The van der Waals surface area contributed by atoms with Crippen LogP contribution in [0.5, 0.6) is 0 Å². The highest BCUT2D eigenvalue weighted by atomic mass is 79.9. The Labute approximate surface area is 77.4 Å². The van der Waals surface area contributed by atoms with Gasteiger partial charge in [0.2, 0.25) is 6.54 Å². The molecule has 0 aromatic rings. The third-order valence-corrected chi connectivity index (χ3v) is 2.94. The normalized spacial score (nSPS) is 13.9. The van der Waals surface area contributed by atoms with Crippen LogP contribution < -0.4 is 0 Å². The molecule has 0 rings (SSSR count). The minimum atomic E-state index is -1.09. The molecule has 0 radical (unpaired) electrons. The zero-order valence-electron chi connectivity index (χ0n) is 6.69. The molecule has 1 unspecified atom stereocenters. The molecular weight excluding hydrogens is 232 g/mol. The molecule has 7 heteroatoms. The SMILES string of the molecule is CC(C)(C[N+](=O)[O-])C(Br)[N+](=O)[O-]. The van der Waals surface area contributed by atoms with Gasteiger partial charge in [0, 0.05) is 9.85 Å². The summed E-state index contributed by atoms with van der Waals surface area (Å²) in [6, 6.07) is 0. The van der Waals surface area contributed by atoms with Crippen LogP contribution in [0, 0.1) is 25.6 Å². The summed E-state index contributed by atoms with van der Waals surface area (Å²) in [6.45, 7) is 2.51. The molecule has 0 spiro atoms. The molecule has 70 valence electrons. The van der Waals surface area contributed by atoms with Crippen LogP contribution in [0.4, 0.5) is 0 Å². The number of rotatable bonds is 4. The summed E-state index contributed by atoms with van der Waals surface area (Å²) in [5.41, 5.74) is -0.979. The third-order valence-electron chi connectivity index (χ3n) is 1.37. The van der Waals surface area contributed by atoms with Gasteiger partial charge in [-0.05, 0) is 29.8 Å². The molecule has 0 amide bonds. The highest BCUT2D eigenvalue weighted by Gasteiger charge is 2.41. The van der Waals surface area contributed by atoms with E-state index in [0.717, 1.165) is 0 Å². The van der Waals surface area contributed by atoms with E-state index >= 15 is 0 Å². The lowest BCUT2D eigenvalue weighted by Crippen LogP contribution is -2.36. The van der Waals surface area contributed by atoms with Crippen molar-refractivity contribution in [2.24, 2.45) is 5.41 Å². The first kappa shape index (κ1) is 11.3. The van der Waals surface area contributed by atoms with Crippen molar-refractivity contribution in [1.82, 2.24) is 0 Å². The molecular formula is C5H9BrN2O4. The fourth-order valence-corrected chi connectivity index (χ4v) is 0.838. The largest absolute Gasteiger partial charge is 0.277 e. The molecule has 0 saturated heterocycles. The first-order valence-electron chi connectivity index (χ1n) is 3.17.